The predicted molar refractivity (Wildman–Crippen MR) is 112 cm³/mol. The second kappa shape index (κ2) is 8.74. The number of hydrogen-bond donors (Lipinski definition) is 0. The molecule has 0 radical (unpaired) electrons. The molecule has 0 aliphatic carbocycles. The number of aromatic nitrogens is 1. The SMILES string of the molecule is O=C(CN1C(=O)S/C(=C/c2cccn2-c2ccc([N+](=O)[O-])cc2)C1=O)N1CCOCC1. The number of nitro groups is 1. The van der Waals surface area contributed by atoms with Gasteiger partial charge in [0.15, 0.2) is 0 Å². The summed E-state index contributed by atoms with van der Waals surface area (Å²) in [6.07, 6.45) is 3.32. The smallest absolute Gasteiger partial charge is 0.294 e. The highest BCUT2D eigenvalue weighted by molar-refractivity contribution is 8.18. The van der Waals surface area contributed by atoms with Crippen LogP contribution in [-0.2, 0) is 14.3 Å². The maximum atomic E-state index is 12.8. The number of nitrogens with zero attached hydrogens (tertiary/aromatic N) is 4. The van der Waals surface area contributed by atoms with Crippen molar-refractivity contribution in [2.75, 3.05) is 32.8 Å². The zero-order valence-electron chi connectivity index (χ0n) is 16.3. The van der Waals surface area contributed by atoms with Crippen molar-refractivity contribution < 1.29 is 24.0 Å². The molecule has 11 heteroatoms. The third-order valence-electron chi connectivity index (χ3n) is 4.93. The average molecular weight is 442 g/mol. The Morgan fingerprint density at radius 1 is 1.16 bits per heavy atom. The number of rotatable bonds is 5. The van der Waals surface area contributed by atoms with Crippen molar-refractivity contribution in [3.8, 4) is 5.69 Å². The second-order valence-electron chi connectivity index (χ2n) is 6.84. The monoisotopic (exact) mass is 442 g/mol. The van der Waals surface area contributed by atoms with Gasteiger partial charge in [-0.25, -0.2) is 0 Å². The first-order chi connectivity index (χ1) is 14.9. The molecular formula is C20H18N4O6S. The average Bonchev–Trinajstić information content (AvgIpc) is 3.34. The molecule has 3 heterocycles. The minimum Gasteiger partial charge on any atom is -0.378 e. The molecule has 10 nitrogen and oxygen atoms in total. The molecule has 2 fully saturated rings. The molecule has 0 spiro atoms. The molecule has 0 saturated carbocycles. The van der Waals surface area contributed by atoms with Crippen molar-refractivity contribution in [3.05, 3.63) is 63.3 Å². The largest absolute Gasteiger partial charge is 0.378 e. The van der Waals surface area contributed by atoms with Gasteiger partial charge in [-0.05, 0) is 42.1 Å². The van der Waals surface area contributed by atoms with Crippen LogP contribution in [0.15, 0.2) is 47.5 Å². The number of morpholine rings is 1. The number of carbonyl (C=O) groups is 3. The summed E-state index contributed by atoms with van der Waals surface area (Å²) in [5, 5.41) is 10.4. The third kappa shape index (κ3) is 4.37. The third-order valence-corrected chi connectivity index (χ3v) is 5.84. The molecule has 0 bridgehead atoms. The summed E-state index contributed by atoms with van der Waals surface area (Å²) >= 11 is 0.779. The minimum absolute atomic E-state index is 0.0245. The minimum atomic E-state index is -0.520. The van der Waals surface area contributed by atoms with E-state index in [1.807, 2.05) is 0 Å². The van der Waals surface area contributed by atoms with E-state index in [1.165, 1.54) is 12.1 Å². The highest BCUT2D eigenvalue weighted by atomic mass is 32.2. The summed E-state index contributed by atoms with van der Waals surface area (Å²) in [7, 11) is 0. The number of hydrogen-bond acceptors (Lipinski definition) is 7. The van der Waals surface area contributed by atoms with Gasteiger partial charge in [0.1, 0.15) is 6.54 Å². The number of amides is 3. The molecule has 2 aromatic rings. The number of ether oxygens (including phenoxy) is 1. The van der Waals surface area contributed by atoms with Crippen LogP contribution in [0.2, 0.25) is 0 Å². The fourth-order valence-corrected chi connectivity index (χ4v) is 4.12. The van der Waals surface area contributed by atoms with E-state index in [4.69, 9.17) is 4.74 Å². The Morgan fingerprint density at radius 3 is 2.55 bits per heavy atom. The standard InChI is InChI=1S/C20H18N4O6S/c25-18(21-8-10-30-11-9-21)13-23-19(26)17(31-20(23)27)12-16-2-1-7-22(16)14-3-5-15(6-4-14)24(28)29/h1-7,12H,8-11,13H2/b17-12+. The summed E-state index contributed by atoms with van der Waals surface area (Å²) in [5.41, 5.74) is 1.27. The van der Waals surface area contributed by atoms with Gasteiger partial charge in [0, 0.05) is 42.8 Å². The van der Waals surface area contributed by atoms with E-state index in [-0.39, 0.29) is 23.0 Å². The van der Waals surface area contributed by atoms with Crippen LogP contribution in [0, 0.1) is 10.1 Å². The predicted octanol–water partition coefficient (Wildman–Crippen LogP) is 2.28. The first-order valence-corrected chi connectivity index (χ1v) is 10.3. The zero-order valence-corrected chi connectivity index (χ0v) is 17.1. The van der Waals surface area contributed by atoms with Gasteiger partial charge in [0.2, 0.25) is 5.91 Å². The van der Waals surface area contributed by atoms with E-state index >= 15 is 0 Å². The van der Waals surface area contributed by atoms with Crippen molar-refractivity contribution in [2.24, 2.45) is 0 Å². The Morgan fingerprint density at radius 2 is 1.87 bits per heavy atom. The van der Waals surface area contributed by atoms with E-state index in [9.17, 15) is 24.5 Å². The number of non-ortho nitro benzene ring substituents is 1. The maximum Gasteiger partial charge on any atom is 0.294 e. The van der Waals surface area contributed by atoms with Gasteiger partial charge in [-0.15, -0.1) is 0 Å². The van der Waals surface area contributed by atoms with Gasteiger partial charge in [-0.2, -0.15) is 0 Å². The Bertz CT molecular complexity index is 1070. The lowest BCUT2D eigenvalue weighted by molar-refractivity contribution is -0.384. The lowest BCUT2D eigenvalue weighted by atomic mass is 10.2. The van der Waals surface area contributed by atoms with Crippen molar-refractivity contribution in [2.45, 2.75) is 0 Å². The fraction of sp³-hybridized carbons (Fsp3) is 0.250. The molecule has 160 valence electrons. The molecule has 0 atom stereocenters. The van der Waals surface area contributed by atoms with Gasteiger partial charge in [0.05, 0.1) is 23.0 Å². The molecule has 2 aliphatic rings. The van der Waals surface area contributed by atoms with E-state index < -0.39 is 16.1 Å². The summed E-state index contributed by atoms with van der Waals surface area (Å²) in [6, 6.07) is 9.51. The number of carbonyl (C=O) groups excluding carboxylic acids is 3. The number of imide groups is 1. The quantitative estimate of drug-likeness (QED) is 0.396. The van der Waals surface area contributed by atoms with Crippen molar-refractivity contribution >= 4 is 40.6 Å². The van der Waals surface area contributed by atoms with Gasteiger partial charge < -0.3 is 14.2 Å². The number of nitro benzene ring substituents is 1. The van der Waals surface area contributed by atoms with Crippen LogP contribution >= 0.6 is 11.8 Å². The molecule has 1 aromatic heterocycles. The molecule has 3 amide bonds. The van der Waals surface area contributed by atoms with Crippen molar-refractivity contribution in [3.63, 3.8) is 0 Å². The molecular weight excluding hydrogens is 424 g/mol. The van der Waals surface area contributed by atoms with E-state index in [2.05, 4.69) is 0 Å². The van der Waals surface area contributed by atoms with Gasteiger partial charge in [0.25, 0.3) is 16.8 Å². The Kier molecular flexibility index (Phi) is 5.87. The summed E-state index contributed by atoms with van der Waals surface area (Å²) in [4.78, 5) is 50.7. The van der Waals surface area contributed by atoms with Crippen molar-refractivity contribution in [1.29, 1.82) is 0 Å². The number of benzene rings is 1. The molecule has 4 rings (SSSR count). The topological polar surface area (TPSA) is 115 Å². The lowest BCUT2D eigenvalue weighted by Crippen LogP contribution is -2.46. The summed E-state index contributed by atoms with van der Waals surface area (Å²) < 4.78 is 6.96. The van der Waals surface area contributed by atoms with Crippen LogP contribution in [0.4, 0.5) is 10.5 Å². The van der Waals surface area contributed by atoms with Crippen molar-refractivity contribution in [1.82, 2.24) is 14.4 Å². The first kappa shape index (κ1) is 20.8. The highest BCUT2D eigenvalue weighted by Crippen LogP contribution is 2.32. The van der Waals surface area contributed by atoms with Crippen LogP contribution in [0.25, 0.3) is 11.8 Å². The Labute approximate surface area is 181 Å². The van der Waals surface area contributed by atoms with E-state index in [0.29, 0.717) is 37.7 Å². The van der Waals surface area contributed by atoms with Crippen LogP contribution in [0.5, 0.6) is 0 Å². The molecule has 0 unspecified atom stereocenters. The second-order valence-corrected chi connectivity index (χ2v) is 7.83. The fourth-order valence-electron chi connectivity index (χ4n) is 3.30. The van der Waals surface area contributed by atoms with Gasteiger partial charge in [-0.3, -0.25) is 29.4 Å². The molecule has 1 aromatic carbocycles. The highest BCUT2D eigenvalue weighted by Gasteiger charge is 2.37. The molecule has 2 saturated heterocycles. The first-order valence-electron chi connectivity index (χ1n) is 9.47. The molecule has 0 N–H and O–H groups in total. The lowest BCUT2D eigenvalue weighted by Gasteiger charge is -2.28. The Hall–Kier alpha value is -3.44. The summed E-state index contributed by atoms with van der Waals surface area (Å²) in [5.74, 6) is -0.811. The van der Waals surface area contributed by atoms with Crippen LogP contribution in [0.3, 0.4) is 0 Å². The Balaban J connectivity index is 1.52. The van der Waals surface area contributed by atoms with E-state index in [0.717, 1.165) is 16.7 Å². The van der Waals surface area contributed by atoms with Gasteiger partial charge in [-0.1, -0.05) is 0 Å². The normalized spacial score (nSPS) is 18.1. The van der Waals surface area contributed by atoms with Crippen LogP contribution < -0.4 is 0 Å². The van der Waals surface area contributed by atoms with E-state index in [1.54, 1.807) is 46.0 Å². The maximum absolute atomic E-state index is 12.8. The summed E-state index contributed by atoms with van der Waals surface area (Å²) in [6.45, 7) is 1.45. The number of thioether (sulfide) groups is 1. The van der Waals surface area contributed by atoms with Gasteiger partial charge >= 0.3 is 0 Å². The van der Waals surface area contributed by atoms with Crippen LogP contribution in [0.1, 0.15) is 5.69 Å². The van der Waals surface area contributed by atoms with Crippen LogP contribution in [-0.4, -0.2) is 69.2 Å². The molecule has 2 aliphatic heterocycles. The zero-order chi connectivity index (χ0) is 22.0. The molecule has 31 heavy (non-hydrogen) atoms.